The lowest BCUT2D eigenvalue weighted by atomic mass is 10.1. The second-order valence-corrected chi connectivity index (χ2v) is 5.09. The Balaban J connectivity index is 1.76. The van der Waals surface area contributed by atoms with Crippen LogP contribution in [0.5, 0.6) is 0 Å². The molecular formula is C12H17NOS. The van der Waals surface area contributed by atoms with E-state index in [1.165, 1.54) is 16.9 Å². The first-order chi connectivity index (χ1) is 7.40. The van der Waals surface area contributed by atoms with Crippen LogP contribution < -0.4 is 5.32 Å². The first kappa shape index (κ1) is 11.0. The highest BCUT2D eigenvalue weighted by atomic mass is 32.2. The Kier molecular flexibility index (Phi) is 4.06. The minimum Gasteiger partial charge on any atom is -0.383 e. The fraction of sp³-hybridized carbons (Fsp3) is 0.500. The summed E-state index contributed by atoms with van der Waals surface area (Å²) in [6.45, 7) is 2.82. The molecule has 0 aromatic heterocycles. The van der Waals surface area contributed by atoms with Crippen LogP contribution in [0.2, 0.25) is 0 Å². The van der Waals surface area contributed by atoms with Crippen LogP contribution in [-0.4, -0.2) is 32.1 Å². The van der Waals surface area contributed by atoms with E-state index in [-0.39, 0.29) is 0 Å². The highest BCUT2D eigenvalue weighted by Crippen LogP contribution is 2.36. The molecule has 0 aliphatic carbocycles. The Morgan fingerprint density at radius 2 is 2.33 bits per heavy atom. The van der Waals surface area contributed by atoms with Crippen LogP contribution in [0.25, 0.3) is 0 Å². The van der Waals surface area contributed by atoms with E-state index in [1.54, 1.807) is 7.11 Å². The topological polar surface area (TPSA) is 21.3 Å². The fourth-order valence-corrected chi connectivity index (χ4v) is 3.09. The molecule has 1 atom stereocenters. The Hall–Kier alpha value is -0.510. The lowest BCUT2D eigenvalue weighted by Crippen LogP contribution is -2.27. The molecular weight excluding hydrogens is 206 g/mol. The summed E-state index contributed by atoms with van der Waals surface area (Å²) in [4.78, 5) is 1.45. The minimum absolute atomic E-state index is 0.694. The maximum Gasteiger partial charge on any atom is 0.0587 e. The molecule has 0 radical (unpaired) electrons. The van der Waals surface area contributed by atoms with E-state index in [0.717, 1.165) is 19.7 Å². The lowest BCUT2D eigenvalue weighted by Gasteiger charge is -2.09. The van der Waals surface area contributed by atoms with Crippen LogP contribution in [0.3, 0.4) is 0 Å². The first-order valence-corrected chi connectivity index (χ1v) is 6.22. The second-order valence-electron chi connectivity index (χ2n) is 3.75. The highest BCUT2D eigenvalue weighted by Gasteiger charge is 2.20. The van der Waals surface area contributed by atoms with Crippen LogP contribution in [-0.2, 0) is 11.2 Å². The molecule has 0 saturated heterocycles. The molecule has 2 rings (SSSR count). The molecule has 0 saturated carbocycles. The van der Waals surface area contributed by atoms with Crippen molar-refractivity contribution in [2.75, 3.05) is 26.8 Å². The van der Waals surface area contributed by atoms with Gasteiger partial charge in [-0.2, -0.15) is 0 Å². The van der Waals surface area contributed by atoms with Crippen LogP contribution in [0.4, 0.5) is 0 Å². The molecule has 2 nitrogen and oxygen atoms in total. The van der Waals surface area contributed by atoms with E-state index in [9.17, 15) is 0 Å². The zero-order valence-electron chi connectivity index (χ0n) is 9.03. The maximum absolute atomic E-state index is 5.00. The van der Waals surface area contributed by atoms with Crippen molar-refractivity contribution in [3.05, 3.63) is 29.8 Å². The van der Waals surface area contributed by atoms with Gasteiger partial charge in [0.1, 0.15) is 0 Å². The summed E-state index contributed by atoms with van der Waals surface area (Å²) in [6, 6.07) is 8.69. The number of nitrogens with one attached hydrogen (secondary N) is 1. The second kappa shape index (κ2) is 5.54. The van der Waals surface area contributed by atoms with Crippen molar-refractivity contribution in [2.24, 2.45) is 0 Å². The average Bonchev–Trinajstić information content (AvgIpc) is 2.67. The van der Waals surface area contributed by atoms with E-state index < -0.39 is 0 Å². The summed E-state index contributed by atoms with van der Waals surface area (Å²) in [5.41, 5.74) is 1.50. The number of rotatable bonds is 5. The van der Waals surface area contributed by atoms with Gasteiger partial charge >= 0.3 is 0 Å². The van der Waals surface area contributed by atoms with Crippen LogP contribution in [0.1, 0.15) is 5.56 Å². The number of benzene rings is 1. The van der Waals surface area contributed by atoms with Gasteiger partial charge in [-0.1, -0.05) is 18.2 Å². The monoisotopic (exact) mass is 223 g/mol. The SMILES string of the molecule is COCCNCC1Cc2ccccc2S1. The largest absolute Gasteiger partial charge is 0.383 e. The van der Waals surface area contributed by atoms with E-state index in [1.807, 2.05) is 11.8 Å². The maximum atomic E-state index is 5.00. The molecule has 1 N–H and O–H groups in total. The van der Waals surface area contributed by atoms with E-state index >= 15 is 0 Å². The van der Waals surface area contributed by atoms with Crippen molar-refractivity contribution in [1.29, 1.82) is 0 Å². The molecule has 1 unspecified atom stereocenters. The smallest absolute Gasteiger partial charge is 0.0587 e. The van der Waals surface area contributed by atoms with Crippen molar-refractivity contribution in [2.45, 2.75) is 16.6 Å². The molecule has 82 valence electrons. The number of fused-ring (bicyclic) bond motifs is 1. The zero-order chi connectivity index (χ0) is 10.5. The predicted molar refractivity (Wildman–Crippen MR) is 64.5 cm³/mol. The van der Waals surface area contributed by atoms with Crippen LogP contribution >= 0.6 is 11.8 Å². The predicted octanol–water partition coefficient (Wildman–Crippen LogP) is 1.94. The van der Waals surface area contributed by atoms with Crippen LogP contribution in [0.15, 0.2) is 29.2 Å². The van der Waals surface area contributed by atoms with Crippen molar-refractivity contribution in [1.82, 2.24) is 5.32 Å². The van der Waals surface area contributed by atoms with E-state index in [2.05, 4.69) is 29.6 Å². The Morgan fingerprint density at radius 1 is 1.47 bits per heavy atom. The number of methoxy groups -OCH3 is 1. The lowest BCUT2D eigenvalue weighted by molar-refractivity contribution is 0.199. The van der Waals surface area contributed by atoms with Gasteiger partial charge < -0.3 is 10.1 Å². The van der Waals surface area contributed by atoms with Crippen LogP contribution in [0, 0.1) is 0 Å². The van der Waals surface area contributed by atoms with Gasteiger partial charge in [-0.3, -0.25) is 0 Å². The molecule has 0 spiro atoms. The molecule has 1 aliphatic heterocycles. The normalized spacial score (nSPS) is 19.1. The van der Waals surface area contributed by atoms with E-state index in [4.69, 9.17) is 4.74 Å². The summed E-state index contributed by atoms with van der Waals surface area (Å²) < 4.78 is 5.00. The molecule has 0 amide bonds. The number of ether oxygens (including phenoxy) is 1. The number of hydrogen-bond donors (Lipinski definition) is 1. The quantitative estimate of drug-likeness (QED) is 0.771. The Morgan fingerprint density at radius 3 is 3.13 bits per heavy atom. The van der Waals surface area contributed by atoms with Crippen molar-refractivity contribution >= 4 is 11.8 Å². The minimum atomic E-state index is 0.694. The van der Waals surface area contributed by atoms with Crippen molar-refractivity contribution in [3.8, 4) is 0 Å². The molecule has 1 aromatic rings. The Labute approximate surface area is 95.4 Å². The third-order valence-electron chi connectivity index (χ3n) is 2.57. The first-order valence-electron chi connectivity index (χ1n) is 5.34. The Bertz CT molecular complexity index is 291. The third-order valence-corrected chi connectivity index (χ3v) is 3.89. The molecule has 1 aliphatic rings. The average molecular weight is 223 g/mol. The van der Waals surface area contributed by atoms with E-state index in [0.29, 0.717) is 5.25 Å². The molecule has 3 heteroatoms. The van der Waals surface area contributed by atoms with Gasteiger partial charge in [0.15, 0.2) is 0 Å². The van der Waals surface area contributed by atoms with Gasteiger partial charge in [-0.15, -0.1) is 11.8 Å². The summed E-state index contributed by atoms with van der Waals surface area (Å²) in [6.07, 6.45) is 1.20. The summed E-state index contributed by atoms with van der Waals surface area (Å²) in [5.74, 6) is 0. The van der Waals surface area contributed by atoms with Gasteiger partial charge in [0.25, 0.3) is 0 Å². The molecule has 1 aromatic carbocycles. The number of thioether (sulfide) groups is 1. The standard InChI is InChI=1S/C12H17NOS/c1-14-7-6-13-9-11-8-10-4-2-3-5-12(10)15-11/h2-5,11,13H,6-9H2,1H3. The molecule has 0 bridgehead atoms. The molecule has 15 heavy (non-hydrogen) atoms. The van der Waals surface area contributed by atoms with Gasteiger partial charge in [-0.05, 0) is 18.1 Å². The number of hydrogen-bond acceptors (Lipinski definition) is 3. The summed E-state index contributed by atoms with van der Waals surface area (Å²) in [7, 11) is 1.74. The third kappa shape index (κ3) is 2.97. The zero-order valence-corrected chi connectivity index (χ0v) is 9.85. The molecule has 0 fully saturated rings. The van der Waals surface area contributed by atoms with Crippen molar-refractivity contribution in [3.63, 3.8) is 0 Å². The van der Waals surface area contributed by atoms with Gasteiger partial charge in [-0.25, -0.2) is 0 Å². The van der Waals surface area contributed by atoms with Gasteiger partial charge in [0.2, 0.25) is 0 Å². The summed E-state index contributed by atoms with van der Waals surface area (Å²) >= 11 is 1.99. The molecule has 1 heterocycles. The highest BCUT2D eigenvalue weighted by molar-refractivity contribution is 8.00. The van der Waals surface area contributed by atoms with Crippen molar-refractivity contribution < 1.29 is 4.74 Å². The van der Waals surface area contributed by atoms with Gasteiger partial charge in [0, 0.05) is 30.3 Å². The van der Waals surface area contributed by atoms with Gasteiger partial charge in [0.05, 0.1) is 6.61 Å². The summed E-state index contributed by atoms with van der Waals surface area (Å²) in [5, 5.41) is 4.11. The fourth-order valence-electron chi connectivity index (χ4n) is 1.81.